The first kappa shape index (κ1) is 19.1. The average Bonchev–Trinajstić information content (AvgIpc) is 3.27. The largest absolute Gasteiger partial charge is 0.481 e. The fourth-order valence-electron chi connectivity index (χ4n) is 3.21. The van der Waals surface area contributed by atoms with Crippen LogP contribution in [0.3, 0.4) is 0 Å². The zero-order valence-corrected chi connectivity index (χ0v) is 15.9. The summed E-state index contributed by atoms with van der Waals surface area (Å²) in [5, 5.41) is 13.3. The lowest BCUT2D eigenvalue weighted by atomic mass is 9.90. The number of hydrogen-bond donors (Lipinski definition) is 1. The van der Waals surface area contributed by atoms with E-state index in [1.54, 1.807) is 11.8 Å². The third kappa shape index (κ3) is 4.18. The van der Waals surface area contributed by atoms with E-state index in [1.165, 1.54) is 5.56 Å². The van der Waals surface area contributed by atoms with E-state index >= 15 is 0 Å². The van der Waals surface area contributed by atoms with Crippen molar-refractivity contribution in [3.05, 3.63) is 35.7 Å². The lowest BCUT2D eigenvalue weighted by molar-refractivity contribution is -0.147. The Bertz CT molecular complexity index is 828. The maximum Gasteiger partial charge on any atom is 0.311 e. The molecule has 1 unspecified atom stereocenters. The fourth-order valence-corrected chi connectivity index (χ4v) is 3.21. The Morgan fingerprint density at radius 1 is 1.30 bits per heavy atom. The number of amides is 1. The highest BCUT2D eigenvalue weighted by atomic mass is 16.5. The molecule has 0 aliphatic carbocycles. The summed E-state index contributed by atoms with van der Waals surface area (Å²) in [6.45, 7) is 6.67. The number of carbonyl (C=O) groups excluding carboxylic acids is 1. The lowest BCUT2D eigenvalue weighted by Crippen LogP contribution is -2.34. The van der Waals surface area contributed by atoms with Crippen LogP contribution in [-0.4, -0.2) is 45.1 Å². The molecule has 1 amide bonds. The van der Waals surface area contributed by atoms with E-state index in [-0.39, 0.29) is 18.9 Å². The number of rotatable bonds is 6. The molecule has 7 nitrogen and oxygen atoms in total. The van der Waals surface area contributed by atoms with E-state index in [4.69, 9.17) is 4.52 Å². The summed E-state index contributed by atoms with van der Waals surface area (Å²) >= 11 is 0. The smallest absolute Gasteiger partial charge is 0.311 e. The standard InChI is InChI=1S/C20H25N3O4/c1-13(2)14-4-6-15(7-5-14)18-21-16(27-22-18)8-9-17(24)23-11-10-20(3,12-23)19(25)26/h4-7,13H,8-12H2,1-3H3,(H,25,26). The Morgan fingerprint density at radius 3 is 2.59 bits per heavy atom. The first-order chi connectivity index (χ1) is 12.8. The van der Waals surface area contributed by atoms with E-state index in [2.05, 4.69) is 24.0 Å². The van der Waals surface area contributed by atoms with Crippen LogP contribution in [0.1, 0.15) is 51.0 Å². The molecule has 1 aliphatic rings. The third-order valence-electron chi connectivity index (χ3n) is 5.20. The molecule has 0 spiro atoms. The number of aryl methyl sites for hydroxylation is 1. The Hall–Kier alpha value is -2.70. The molecule has 1 aromatic heterocycles. The number of benzene rings is 1. The van der Waals surface area contributed by atoms with Crippen LogP contribution in [0.2, 0.25) is 0 Å². The summed E-state index contributed by atoms with van der Waals surface area (Å²) in [6.07, 6.45) is 1.05. The van der Waals surface area contributed by atoms with Crippen LogP contribution < -0.4 is 0 Å². The number of carboxylic acid groups (broad SMARTS) is 1. The van der Waals surface area contributed by atoms with Gasteiger partial charge in [0.2, 0.25) is 17.6 Å². The van der Waals surface area contributed by atoms with Gasteiger partial charge in [-0.3, -0.25) is 9.59 Å². The zero-order valence-electron chi connectivity index (χ0n) is 15.9. The monoisotopic (exact) mass is 371 g/mol. The normalized spacial score (nSPS) is 19.6. The van der Waals surface area contributed by atoms with Crippen LogP contribution in [0.4, 0.5) is 0 Å². The summed E-state index contributed by atoms with van der Waals surface area (Å²) in [5.74, 6) is 0.433. The van der Waals surface area contributed by atoms with Gasteiger partial charge in [-0.2, -0.15) is 4.98 Å². The van der Waals surface area contributed by atoms with E-state index in [0.29, 0.717) is 37.0 Å². The minimum absolute atomic E-state index is 0.0824. The topological polar surface area (TPSA) is 96.5 Å². The molecule has 1 N–H and O–H groups in total. The number of carbonyl (C=O) groups is 2. The maximum atomic E-state index is 12.4. The van der Waals surface area contributed by atoms with Crippen molar-refractivity contribution in [1.82, 2.24) is 15.0 Å². The van der Waals surface area contributed by atoms with Gasteiger partial charge in [-0.05, 0) is 24.8 Å². The lowest BCUT2D eigenvalue weighted by Gasteiger charge is -2.19. The van der Waals surface area contributed by atoms with Crippen LogP contribution in [0.15, 0.2) is 28.8 Å². The number of aromatic nitrogens is 2. The van der Waals surface area contributed by atoms with Crippen molar-refractivity contribution in [3.63, 3.8) is 0 Å². The summed E-state index contributed by atoms with van der Waals surface area (Å²) < 4.78 is 5.26. The third-order valence-corrected chi connectivity index (χ3v) is 5.20. The SMILES string of the molecule is CC(C)c1ccc(-c2noc(CCC(=O)N3CCC(C)(C(=O)O)C3)n2)cc1. The number of nitrogens with zero attached hydrogens (tertiary/aromatic N) is 3. The number of likely N-dealkylation sites (tertiary alicyclic amines) is 1. The second-order valence-corrected chi connectivity index (χ2v) is 7.72. The van der Waals surface area contributed by atoms with Crippen molar-refractivity contribution in [1.29, 1.82) is 0 Å². The van der Waals surface area contributed by atoms with Crippen LogP contribution in [0.25, 0.3) is 11.4 Å². The minimum atomic E-state index is -0.858. The number of carboxylic acids is 1. The summed E-state index contributed by atoms with van der Waals surface area (Å²) in [7, 11) is 0. The van der Waals surface area contributed by atoms with E-state index in [9.17, 15) is 14.7 Å². The molecule has 144 valence electrons. The van der Waals surface area contributed by atoms with Gasteiger partial charge in [0, 0.05) is 31.5 Å². The predicted octanol–water partition coefficient (Wildman–Crippen LogP) is 3.12. The van der Waals surface area contributed by atoms with Crippen molar-refractivity contribution in [2.75, 3.05) is 13.1 Å². The Morgan fingerprint density at radius 2 is 2.00 bits per heavy atom. The molecule has 1 aliphatic heterocycles. The summed E-state index contributed by atoms with van der Waals surface area (Å²) in [4.78, 5) is 29.6. The predicted molar refractivity (Wildman–Crippen MR) is 99.1 cm³/mol. The van der Waals surface area contributed by atoms with Gasteiger partial charge in [-0.25, -0.2) is 0 Å². The van der Waals surface area contributed by atoms with Gasteiger partial charge in [0.05, 0.1) is 5.41 Å². The molecule has 7 heteroatoms. The van der Waals surface area contributed by atoms with E-state index in [1.807, 2.05) is 24.3 Å². The molecule has 1 aromatic carbocycles. The van der Waals surface area contributed by atoms with E-state index in [0.717, 1.165) is 5.56 Å². The second-order valence-electron chi connectivity index (χ2n) is 7.72. The van der Waals surface area contributed by atoms with Gasteiger partial charge in [-0.1, -0.05) is 43.3 Å². The summed E-state index contributed by atoms with van der Waals surface area (Å²) in [6, 6.07) is 8.02. The highest BCUT2D eigenvalue weighted by molar-refractivity contribution is 5.80. The number of hydrogen-bond acceptors (Lipinski definition) is 5. The Labute approximate surface area is 158 Å². The van der Waals surface area contributed by atoms with Gasteiger partial charge in [0.15, 0.2) is 0 Å². The van der Waals surface area contributed by atoms with Crippen LogP contribution in [0.5, 0.6) is 0 Å². The molecule has 2 heterocycles. The van der Waals surface area contributed by atoms with Gasteiger partial charge in [0.1, 0.15) is 0 Å². The molecule has 0 radical (unpaired) electrons. The molecule has 27 heavy (non-hydrogen) atoms. The molecule has 1 atom stereocenters. The van der Waals surface area contributed by atoms with Gasteiger partial charge in [0.25, 0.3) is 0 Å². The molecule has 0 saturated carbocycles. The fraction of sp³-hybridized carbons (Fsp3) is 0.500. The van der Waals surface area contributed by atoms with Gasteiger partial charge < -0.3 is 14.5 Å². The second kappa shape index (κ2) is 7.50. The maximum absolute atomic E-state index is 12.4. The summed E-state index contributed by atoms with van der Waals surface area (Å²) in [5.41, 5.74) is 1.26. The first-order valence-corrected chi connectivity index (χ1v) is 9.22. The molecule has 1 fully saturated rings. The van der Waals surface area contributed by atoms with Gasteiger partial charge in [-0.15, -0.1) is 0 Å². The zero-order chi connectivity index (χ0) is 19.6. The van der Waals surface area contributed by atoms with E-state index < -0.39 is 11.4 Å². The molecule has 3 rings (SSSR count). The quantitative estimate of drug-likeness (QED) is 0.838. The molecule has 0 bridgehead atoms. The number of aliphatic carboxylic acids is 1. The molecule has 1 saturated heterocycles. The van der Waals surface area contributed by atoms with Crippen LogP contribution >= 0.6 is 0 Å². The van der Waals surface area contributed by atoms with Crippen molar-refractivity contribution in [2.24, 2.45) is 5.41 Å². The highest BCUT2D eigenvalue weighted by Gasteiger charge is 2.41. The first-order valence-electron chi connectivity index (χ1n) is 9.22. The average molecular weight is 371 g/mol. The van der Waals surface area contributed by atoms with Crippen LogP contribution in [0, 0.1) is 5.41 Å². The highest BCUT2D eigenvalue weighted by Crippen LogP contribution is 2.30. The molecular weight excluding hydrogens is 346 g/mol. The van der Waals surface area contributed by atoms with Crippen molar-refractivity contribution < 1.29 is 19.2 Å². The minimum Gasteiger partial charge on any atom is -0.481 e. The Balaban J connectivity index is 1.57. The van der Waals surface area contributed by atoms with Gasteiger partial charge >= 0.3 is 5.97 Å². The van der Waals surface area contributed by atoms with Crippen molar-refractivity contribution in [3.8, 4) is 11.4 Å². The van der Waals surface area contributed by atoms with Crippen LogP contribution in [-0.2, 0) is 16.0 Å². The molecular formula is C20H25N3O4. The van der Waals surface area contributed by atoms with Crippen molar-refractivity contribution >= 4 is 11.9 Å². The molecule has 2 aromatic rings. The van der Waals surface area contributed by atoms with Crippen molar-refractivity contribution in [2.45, 2.75) is 46.0 Å². The Kier molecular flexibility index (Phi) is 5.30.